The van der Waals surface area contributed by atoms with Crippen LogP contribution in [0.15, 0.2) is 47.1 Å². The van der Waals surface area contributed by atoms with Crippen molar-refractivity contribution in [2.24, 2.45) is 0 Å². The lowest BCUT2D eigenvalue weighted by atomic mass is 10.1. The molecule has 0 fully saturated rings. The average Bonchev–Trinajstić information content (AvgIpc) is 2.46. The third kappa shape index (κ3) is 5.48. The van der Waals surface area contributed by atoms with E-state index >= 15 is 0 Å². The van der Waals surface area contributed by atoms with Gasteiger partial charge in [0, 0.05) is 0 Å². The second-order valence-electron chi connectivity index (χ2n) is 4.62. The van der Waals surface area contributed by atoms with E-state index in [1.807, 2.05) is 0 Å². The van der Waals surface area contributed by atoms with Crippen molar-refractivity contribution in [3.05, 3.63) is 52.6 Å². The number of anilines is 1. The normalized spacial score (nSPS) is 11.9. The third-order valence-corrected chi connectivity index (χ3v) is 3.33. The Morgan fingerprint density at radius 1 is 1.26 bits per heavy atom. The highest BCUT2D eigenvalue weighted by Gasteiger charge is 2.12. The first kappa shape index (κ1) is 17.1. The molecule has 5 nitrogen and oxygen atoms in total. The topological polar surface area (TPSA) is 63.2 Å². The molecule has 0 saturated heterocycles. The Balaban J connectivity index is 1.98. The molecule has 8 heteroatoms. The van der Waals surface area contributed by atoms with Gasteiger partial charge >= 0.3 is 12.6 Å². The Bertz CT molecular complexity index is 685. The Kier molecular flexibility index (Phi) is 5.86. The van der Waals surface area contributed by atoms with Crippen molar-refractivity contribution in [2.45, 2.75) is 19.6 Å². The minimum absolute atomic E-state index is 0.0419. The molecular weight excluding hydrogens is 372 g/mol. The van der Waals surface area contributed by atoms with Crippen molar-refractivity contribution in [1.29, 1.82) is 0 Å². The van der Waals surface area contributed by atoms with Crippen LogP contribution in [0.2, 0.25) is 0 Å². The first-order valence-electron chi connectivity index (χ1n) is 6.69. The monoisotopic (exact) mass is 385 g/mol. The molecule has 0 spiro atoms. The number of nitrogens with zero attached hydrogens (tertiary/aromatic N) is 1. The highest BCUT2D eigenvalue weighted by molar-refractivity contribution is 9.10. The first-order valence-corrected chi connectivity index (χ1v) is 7.48. The van der Waals surface area contributed by atoms with Crippen molar-refractivity contribution in [3.8, 4) is 5.75 Å². The molecular formula is C15H14BrF2N3O2. The molecule has 0 bridgehead atoms. The molecule has 0 aliphatic carbocycles. The summed E-state index contributed by atoms with van der Waals surface area (Å²) in [7, 11) is 0. The first-order chi connectivity index (χ1) is 10.9. The molecule has 0 saturated carbocycles. The van der Waals surface area contributed by atoms with Crippen molar-refractivity contribution >= 4 is 27.8 Å². The minimum Gasteiger partial charge on any atom is -0.435 e. The molecule has 0 unspecified atom stereocenters. The quantitative estimate of drug-likeness (QED) is 0.752. The van der Waals surface area contributed by atoms with E-state index in [1.54, 1.807) is 37.3 Å². The Morgan fingerprint density at radius 3 is 2.70 bits per heavy atom. The number of pyridine rings is 1. The van der Waals surface area contributed by atoms with E-state index in [9.17, 15) is 13.6 Å². The Morgan fingerprint density at radius 2 is 2.00 bits per heavy atom. The largest absolute Gasteiger partial charge is 0.435 e. The molecule has 2 rings (SSSR count). The van der Waals surface area contributed by atoms with Gasteiger partial charge in [0.05, 0.1) is 6.04 Å². The molecule has 122 valence electrons. The van der Waals surface area contributed by atoms with E-state index in [1.165, 1.54) is 12.1 Å². The Hall–Kier alpha value is -2.22. The van der Waals surface area contributed by atoms with E-state index in [-0.39, 0.29) is 5.75 Å². The molecule has 1 heterocycles. The van der Waals surface area contributed by atoms with Crippen LogP contribution in [0.5, 0.6) is 5.75 Å². The summed E-state index contributed by atoms with van der Waals surface area (Å²) in [6.45, 7) is -1.16. The summed E-state index contributed by atoms with van der Waals surface area (Å²) in [5.41, 5.74) is 0.639. The third-order valence-electron chi connectivity index (χ3n) is 2.89. The van der Waals surface area contributed by atoms with E-state index in [0.29, 0.717) is 16.0 Å². The number of hydrogen-bond donors (Lipinski definition) is 2. The number of amides is 2. The number of benzene rings is 1. The second-order valence-corrected chi connectivity index (χ2v) is 5.43. The number of halogens is 3. The lowest BCUT2D eigenvalue weighted by Gasteiger charge is -2.16. The van der Waals surface area contributed by atoms with Gasteiger partial charge in [-0.2, -0.15) is 8.78 Å². The lowest BCUT2D eigenvalue weighted by molar-refractivity contribution is -0.0499. The zero-order chi connectivity index (χ0) is 16.8. The highest BCUT2D eigenvalue weighted by Crippen LogP contribution is 2.20. The SMILES string of the molecule is C[C@H](NC(=O)Nc1cccc(Br)n1)c1cccc(OC(F)F)c1. The molecule has 0 aliphatic heterocycles. The van der Waals surface area contributed by atoms with Gasteiger partial charge in [-0.1, -0.05) is 18.2 Å². The van der Waals surface area contributed by atoms with Crippen molar-refractivity contribution in [3.63, 3.8) is 0 Å². The Labute approximate surface area is 140 Å². The van der Waals surface area contributed by atoms with Gasteiger partial charge in [-0.25, -0.2) is 9.78 Å². The van der Waals surface area contributed by atoms with Crippen LogP contribution in [0.25, 0.3) is 0 Å². The molecule has 1 atom stereocenters. The van der Waals surface area contributed by atoms with Crippen LogP contribution in [-0.2, 0) is 0 Å². The number of aromatic nitrogens is 1. The summed E-state index contributed by atoms with van der Waals surface area (Å²) in [6, 6.07) is 10.4. The smallest absolute Gasteiger partial charge is 0.387 e. The summed E-state index contributed by atoms with van der Waals surface area (Å²) in [4.78, 5) is 16.0. The van der Waals surface area contributed by atoms with Crippen molar-refractivity contribution < 1.29 is 18.3 Å². The number of ether oxygens (including phenoxy) is 1. The molecule has 1 aromatic carbocycles. The van der Waals surface area contributed by atoms with Crippen molar-refractivity contribution in [2.75, 3.05) is 5.32 Å². The fraction of sp³-hybridized carbons (Fsp3) is 0.200. The van der Waals surface area contributed by atoms with Gasteiger partial charge in [-0.3, -0.25) is 5.32 Å². The van der Waals surface area contributed by atoms with Crippen LogP contribution in [0.4, 0.5) is 19.4 Å². The summed E-state index contributed by atoms with van der Waals surface area (Å²) in [5, 5.41) is 5.28. The number of urea groups is 1. The van der Waals surface area contributed by atoms with E-state index in [4.69, 9.17) is 0 Å². The molecule has 2 amide bonds. The number of carbonyl (C=O) groups excluding carboxylic acids is 1. The average molecular weight is 386 g/mol. The predicted octanol–water partition coefficient (Wildman–Crippen LogP) is 4.33. The minimum atomic E-state index is -2.89. The summed E-state index contributed by atoms with van der Waals surface area (Å²) in [5.74, 6) is 0.430. The highest BCUT2D eigenvalue weighted by atomic mass is 79.9. The van der Waals surface area contributed by atoms with Gasteiger partial charge in [-0.05, 0) is 52.7 Å². The number of alkyl halides is 2. The fourth-order valence-electron chi connectivity index (χ4n) is 1.87. The van der Waals surface area contributed by atoms with Crippen LogP contribution in [0.3, 0.4) is 0 Å². The number of nitrogens with one attached hydrogen (secondary N) is 2. The van der Waals surface area contributed by atoms with Gasteiger partial charge in [0.25, 0.3) is 0 Å². The molecule has 23 heavy (non-hydrogen) atoms. The maximum absolute atomic E-state index is 12.2. The van der Waals surface area contributed by atoms with Gasteiger partial charge in [-0.15, -0.1) is 0 Å². The zero-order valence-electron chi connectivity index (χ0n) is 12.1. The zero-order valence-corrected chi connectivity index (χ0v) is 13.7. The predicted molar refractivity (Wildman–Crippen MR) is 85.6 cm³/mol. The van der Waals surface area contributed by atoms with Crippen LogP contribution >= 0.6 is 15.9 Å². The maximum atomic E-state index is 12.2. The van der Waals surface area contributed by atoms with Crippen LogP contribution < -0.4 is 15.4 Å². The summed E-state index contributed by atoms with van der Waals surface area (Å²) >= 11 is 3.21. The van der Waals surface area contributed by atoms with Gasteiger partial charge in [0.1, 0.15) is 16.2 Å². The standard InChI is InChI=1S/C15H14BrF2N3O2/c1-9(10-4-2-5-11(8-10)23-14(17)18)19-15(22)21-13-7-3-6-12(16)20-13/h2-9,14H,1H3,(H2,19,20,21,22)/t9-/m0/s1. The number of carbonyl (C=O) groups is 1. The molecule has 1 aromatic heterocycles. The maximum Gasteiger partial charge on any atom is 0.387 e. The second kappa shape index (κ2) is 7.87. The van der Waals surface area contributed by atoms with Gasteiger partial charge < -0.3 is 10.1 Å². The van der Waals surface area contributed by atoms with Gasteiger partial charge in [0.15, 0.2) is 0 Å². The van der Waals surface area contributed by atoms with E-state index in [0.717, 1.165) is 0 Å². The van der Waals surface area contributed by atoms with E-state index in [2.05, 4.69) is 36.3 Å². The fourth-order valence-corrected chi connectivity index (χ4v) is 2.21. The number of rotatable bonds is 5. The van der Waals surface area contributed by atoms with Crippen LogP contribution in [-0.4, -0.2) is 17.6 Å². The van der Waals surface area contributed by atoms with E-state index < -0.39 is 18.7 Å². The van der Waals surface area contributed by atoms with Crippen LogP contribution in [0.1, 0.15) is 18.5 Å². The van der Waals surface area contributed by atoms with Crippen LogP contribution in [0, 0.1) is 0 Å². The molecule has 0 radical (unpaired) electrons. The molecule has 2 aromatic rings. The molecule has 0 aliphatic rings. The molecule has 2 N–H and O–H groups in total. The van der Waals surface area contributed by atoms with Gasteiger partial charge in [0.2, 0.25) is 0 Å². The van der Waals surface area contributed by atoms with Crippen molar-refractivity contribution in [1.82, 2.24) is 10.3 Å². The number of hydrogen-bond acceptors (Lipinski definition) is 3. The lowest BCUT2D eigenvalue weighted by Crippen LogP contribution is -2.31. The summed E-state index contributed by atoms with van der Waals surface area (Å²) < 4.78 is 29.4. The summed E-state index contributed by atoms with van der Waals surface area (Å²) in [6.07, 6.45) is 0.